The minimum absolute atomic E-state index is 0.0532. The van der Waals surface area contributed by atoms with E-state index in [1.807, 2.05) is 27.2 Å². The van der Waals surface area contributed by atoms with Gasteiger partial charge in [-0.2, -0.15) is 0 Å². The van der Waals surface area contributed by atoms with Gasteiger partial charge in [0.05, 0.1) is 27.7 Å². The van der Waals surface area contributed by atoms with Crippen molar-refractivity contribution in [2.75, 3.05) is 47.5 Å². The largest absolute Gasteiger partial charge is 0.756 e. The molecule has 0 bridgehead atoms. The Bertz CT molecular complexity index is 2080. The first-order valence-electron chi connectivity index (χ1n) is 31.1. The fourth-order valence-corrected chi connectivity index (χ4v) is 8.13. The van der Waals surface area contributed by atoms with Gasteiger partial charge in [-0.15, -0.1) is 0 Å². The molecule has 0 aliphatic carbocycles. The van der Waals surface area contributed by atoms with Gasteiger partial charge in [-0.05, 0) is 135 Å². The van der Waals surface area contributed by atoms with Crippen LogP contribution in [0.4, 0.5) is 0 Å². The first kappa shape index (κ1) is 76.9. The lowest BCUT2D eigenvalue weighted by Gasteiger charge is -2.28. The Balaban J connectivity index is 4.21. The number of hydrogen-bond acceptors (Lipinski definition) is 8. The quantitative estimate of drug-likeness (QED) is 0.0195. The zero-order valence-electron chi connectivity index (χ0n) is 51.8. The molecule has 0 aromatic heterocycles. The Morgan fingerprint density at radius 3 is 1.01 bits per heavy atom. The van der Waals surface area contributed by atoms with Crippen LogP contribution < -0.4 is 4.89 Å². The van der Waals surface area contributed by atoms with Gasteiger partial charge in [0.1, 0.15) is 19.8 Å². The van der Waals surface area contributed by atoms with E-state index in [1.165, 1.54) is 6.42 Å². The van der Waals surface area contributed by atoms with E-state index in [-0.39, 0.29) is 26.1 Å². The smallest absolute Gasteiger partial charge is 0.306 e. The molecule has 0 aliphatic heterocycles. The fraction of sp³-hybridized carbons (Fsp3) is 0.528. The summed E-state index contributed by atoms with van der Waals surface area (Å²) in [4.78, 5) is 37.8. The molecule has 0 fully saturated rings. The molecule has 0 heterocycles. The molecule has 9 nitrogen and oxygen atoms in total. The third-order valence-electron chi connectivity index (χ3n) is 12.1. The van der Waals surface area contributed by atoms with E-state index in [2.05, 4.69) is 202 Å². The molecule has 458 valence electrons. The highest BCUT2D eigenvalue weighted by Crippen LogP contribution is 2.38. The first-order valence-corrected chi connectivity index (χ1v) is 32.6. The van der Waals surface area contributed by atoms with Crippen molar-refractivity contribution >= 4 is 19.8 Å². The van der Waals surface area contributed by atoms with E-state index in [1.54, 1.807) is 0 Å². The van der Waals surface area contributed by atoms with Crippen molar-refractivity contribution in [1.29, 1.82) is 0 Å². The number of esters is 2. The number of ether oxygens (including phenoxy) is 2. The summed E-state index contributed by atoms with van der Waals surface area (Å²) in [6.45, 7) is 3.89. The number of phosphoric acid groups is 1. The Kier molecular flexibility index (Phi) is 56.6. The lowest BCUT2D eigenvalue weighted by Crippen LogP contribution is -2.37. The summed E-state index contributed by atoms with van der Waals surface area (Å²) in [7, 11) is 1.10. The fourth-order valence-electron chi connectivity index (χ4n) is 7.40. The number of allylic oxidation sites excluding steroid dienone is 32. The maximum absolute atomic E-state index is 12.8. The molecule has 0 aromatic carbocycles. The van der Waals surface area contributed by atoms with Gasteiger partial charge in [0, 0.05) is 12.8 Å². The first-order chi connectivity index (χ1) is 40.0. The van der Waals surface area contributed by atoms with E-state index in [9.17, 15) is 19.0 Å². The molecule has 0 aromatic rings. The number of rotatable bonds is 54. The summed E-state index contributed by atoms with van der Waals surface area (Å²) in [6, 6.07) is 0. The third-order valence-corrected chi connectivity index (χ3v) is 13.1. The molecule has 0 saturated carbocycles. The molecule has 10 heteroatoms. The van der Waals surface area contributed by atoms with Crippen LogP contribution in [-0.2, 0) is 32.7 Å². The SMILES string of the molecule is CC/C=C\C/C=C\C/C=C\C/C=C\C/C=C\C/C=C\C/C=C\C/C=C\C/C=C\C/C=C\C/C=C\CCCCCCCCCC(=O)OC(COC(=O)CCC/C=C\C/C=C\C/C=C\C/C=C\C/C=C\CC)COP(=O)([O-])OCC[N+](C)(C)C. The van der Waals surface area contributed by atoms with Crippen molar-refractivity contribution in [3.63, 3.8) is 0 Å². The molecular formula is C72H112NO8P. The van der Waals surface area contributed by atoms with Crippen molar-refractivity contribution in [2.24, 2.45) is 0 Å². The lowest BCUT2D eigenvalue weighted by molar-refractivity contribution is -0.870. The predicted octanol–water partition coefficient (Wildman–Crippen LogP) is 19.5. The maximum Gasteiger partial charge on any atom is 0.306 e. The molecule has 0 saturated heterocycles. The van der Waals surface area contributed by atoms with Gasteiger partial charge in [-0.3, -0.25) is 14.2 Å². The van der Waals surface area contributed by atoms with Crippen molar-refractivity contribution in [3.8, 4) is 0 Å². The Hall–Kier alpha value is -5.15. The number of likely N-dealkylation sites (N-methyl/N-ethyl adjacent to an activating group) is 1. The third kappa shape index (κ3) is 64.0. The summed E-state index contributed by atoms with van der Waals surface area (Å²) in [5.41, 5.74) is 0. The van der Waals surface area contributed by atoms with Crippen molar-refractivity contribution in [1.82, 2.24) is 0 Å². The number of carbonyl (C=O) groups is 2. The van der Waals surface area contributed by atoms with E-state index in [0.29, 0.717) is 23.9 Å². The molecule has 0 spiro atoms. The molecule has 0 radical (unpaired) electrons. The molecule has 0 amide bonds. The lowest BCUT2D eigenvalue weighted by atomic mass is 10.1. The molecule has 0 aliphatic rings. The van der Waals surface area contributed by atoms with Crippen LogP contribution in [0, 0.1) is 0 Å². The highest BCUT2D eigenvalue weighted by atomic mass is 31.2. The van der Waals surface area contributed by atoms with Crippen LogP contribution >= 0.6 is 7.82 Å². The number of unbranched alkanes of at least 4 members (excludes halogenated alkanes) is 8. The van der Waals surface area contributed by atoms with Gasteiger partial charge in [-0.25, -0.2) is 0 Å². The van der Waals surface area contributed by atoms with E-state index >= 15 is 0 Å². The van der Waals surface area contributed by atoms with E-state index in [4.69, 9.17) is 18.5 Å². The van der Waals surface area contributed by atoms with Crippen molar-refractivity contribution in [3.05, 3.63) is 194 Å². The zero-order chi connectivity index (χ0) is 59.8. The normalized spacial score (nSPS) is 14.6. The topological polar surface area (TPSA) is 111 Å². The Labute approximate surface area is 501 Å². The van der Waals surface area contributed by atoms with Crippen LogP contribution in [0.3, 0.4) is 0 Å². The van der Waals surface area contributed by atoms with Gasteiger partial charge in [-0.1, -0.05) is 240 Å². The van der Waals surface area contributed by atoms with Crippen LogP contribution in [-0.4, -0.2) is 70.0 Å². The van der Waals surface area contributed by atoms with Crippen LogP contribution in [0.5, 0.6) is 0 Å². The average Bonchev–Trinajstić information content (AvgIpc) is 3.45. The number of phosphoric ester groups is 1. The monoisotopic (exact) mass is 1150 g/mol. The highest BCUT2D eigenvalue weighted by Gasteiger charge is 2.21. The van der Waals surface area contributed by atoms with Crippen LogP contribution in [0.15, 0.2) is 194 Å². The van der Waals surface area contributed by atoms with Gasteiger partial charge in [0.15, 0.2) is 6.10 Å². The predicted molar refractivity (Wildman–Crippen MR) is 350 cm³/mol. The highest BCUT2D eigenvalue weighted by molar-refractivity contribution is 7.45. The summed E-state index contributed by atoms with van der Waals surface area (Å²) in [6.07, 6.45) is 95.0. The summed E-state index contributed by atoms with van der Waals surface area (Å²) >= 11 is 0. The summed E-state index contributed by atoms with van der Waals surface area (Å²) in [5, 5.41) is 0. The van der Waals surface area contributed by atoms with E-state index in [0.717, 1.165) is 148 Å². The maximum atomic E-state index is 12.8. The second-order valence-corrected chi connectivity index (χ2v) is 22.4. The van der Waals surface area contributed by atoms with Crippen molar-refractivity contribution < 1.29 is 42.1 Å². The number of quaternary nitrogens is 1. The average molecular weight is 1150 g/mol. The minimum Gasteiger partial charge on any atom is -0.756 e. The summed E-state index contributed by atoms with van der Waals surface area (Å²) in [5.74, 6) is -0.933. The second kappa shape index (κ2) is 60.4. The van der Waals surface area contributed by atoms with E-state index < -0.39 is 32.5 Å². The standard InChI is InChI=1S/C72H112NO8P/c1-6-8-10-12-14-16-18-20-22-24-25-26-27-28-29-30-31-32-33-34-35-36-37-38-39-40-41-42-43-44-45-46-47-49-51-53-55-57-59-61-63-65-72(75)81-70(69-80-82(76,77)79-67-66-73(3,4)5)68-78-71(74)64-62-60-58-56-54-52-50-48-23-21-19-17-15-13-11-9-7-2/h8-11,14-17,20-23,25-26,28-29,31-32,34-35,37-38,40-41,43-44,46-47,50,52,56,58,70H,6-7,12-13,18-19,24,27,30,33,36,39,42,45,48-49,51,53-55,57,59-69H2,1-5H3/b10-8-,11-9-,16-14-,17-15-,22-20-,23-21-,26-25-,29-28-,32-31-,35-34-,38-37-,41-40-,44-43-,47-46-,52-50-,58-56-. The zero-order valence-corrected chi connectivity index (χ0v) is 52.7. The van der Waals surface area contributed by atoms with Gasteiger partial charge >= 0.3 is 11.9 Å². The molecule has 0 N–H and O–H groups in total. The molecular weight excluding hydrogens is 1040 g/mol. The Morgan fingerprint density at radius 1 is 0.378 bits per heavy atom. The van der Waals surface area contributed by atoms with Crippen LogP contribution in [0.1, 0.15) is 194 Å². The van der Waals surface area contributed by atoms with Gasteiger partial charge in [0.2, 0.25) is 0 Å². The molecule has 2 atom stereocenters. The Morgan fingerprint density at radius 2 is 0.671 bits per heavy atom. The summed E-state index contributed by atoms with van der Waals surface area (Å²) < 4.78 is 34.0. The molecule has 82 heavy (non-hydrogen) atoms. The number of hydrogen-bond donors (Lipinski definition) is 0. The molecule has 0 rings (SSSR count). The van der Waals surface area contributed by atoms with Gasteiger partial charge in [0.25, 0.3) is 7.82 Å². The minimum atomic E-state index is -4.67. The second-order valence-electron chi connectivity index (χ2n) is 20.9. The van der Waals surface area contributed by atoms with Crippen LogP contribution in [0.2, 0.25) is 0 Å². The van der Waals surface area contributed by atoms with Crippen molar-refractivity contribution in [2.45, 2.75) is 200 Å². The number of nitrogens with zero attached hydrogens (tertiary/aromatic N) is 1. The van der Waals surface area contributed by atoms with Gasteiger partial charge < -0.3 is 27.9 Å². The molecule has 2 unspecified atom stereocenters. The number of carbonyl (C=O) groups excluding carboxylic acids is 2. The van der Waals surface area contributed by atoms with Crippen LogP contribution in [0.25, 0.3) is 0 Å².